The molecule has 1 fully saturated rings. The maximum absolute atomic E-state index is 11.6. The van der Waals surface area contributed by atoms with Gasteiger partial charge in [-0.2, -0.15) is 0 Å². The van der Waals surface area contributed by atoms with Crippen LogP contribution in [0.3, 0.4) is 0 Å². The van der Waals surface area contributed by atoms with Gasteiger partial charge in [-0.1, -0.05) is 17.7 Å². The van der Waals surface area contributed by atoms with Gasteiger partial charge in [0.25, 0.3) is 0 Å². The van der Waals surface area contributed by atoms with Crippen LogP contribution in [0, 0.1) is 0 Å². The largest absolute Gasteiger partial charge is 0.375 e. The molecule has 1 heterocycles. The first-order chi connectivity index (χ1) is 8.99. The molecule has 2 atom stereocenters. The molecule has 0 unspecified atom stereocenters. The van der Waals surface area contributed by atoms with Crippen LogP contribution in [0.5, 0.6) is 0 Å². The highest BCUT2D eigenvalue weighted by atomic mass is 79.9. The fraction of sp³-hybridized carbons (Fsp3) is 0.462. The highest BCUT2D eigenvalue weighted by Gasteiger charge is 2.33. The molecular formula is C13H16BrClN2O2. The monoisotopic (exact) mass is 346 g/mol. The summed E-state index contributed by atoms with van der Waals surface area (Å²) < 4.78 is 6.34. The zero-order chi connectivity index (χ0) is 14.0. The number of carbonyl (C=O) groups is 1. The Morgan fingerprint density at radius 3 is 3.00 bits per heavy atom. The lowest BCUT2D eigenvalue weighted by molar-refractivity contribution is -0.136. The fourth-order valence-electron chi connectivity index (χ4n) is 2.34. The number of benzene rings is 1. The van der Waals surface area contributed by atoms with Gasteiger partial charge in [0.1, 0.15) is 6.04 Å². The van der Waals surface area contributed by atoms with Gasteiger partial charge in [-0.05, 0) is 40.5 Å². The molecule has 2 N–H and O–H groups in total. The maximum atomic E-state index is 11.6. The minimum absolute atomic E-state index is 0.179. The lowest BCUT2D eigenvalue weighted by atomic mass is 10.1. The molecule has 0 radical (unpaired) electrons. The van der Waals surface area contributed by atoms with E-state index < -0.39 is 0 Å². The van der Waals surface area contributed by atoms with Gasteiger partial charge in [0.15, 0.2) is 0 Å². The summed E-state index contributed by atoms with van der Waals surface area (Å²) in [6, 6.07) is 5.36. The average Bonchev–Trinajstić information content (AvgIpc) is 2.33. The summed E-state index contributed by atoms with van der Waals surface area (Å²) >= 11 is 9.37. The topological polar surface area (TPSA) is 55.6 Å². The zero-order valence-corrected chi connectivity index (χ0v) is 12.9. The Balaban J connectivity index is 2.15. The van der Waals surface area contributed by atoms with E-state index in [0.29, 0.717) is 24.7 Å². The van der Waals surface area contributed by atoms with Crippen LogP contribution in [0.2, 0.25) is 5.02 Å². The van der Waals surface area contributed by atoms with Crippen molar-refractivity contribution in [3.63, 3.8) is 0 Å². The van der Waals surface area contributed by atoms with Crippen LogP contribution >= 0.6 is 27.5 Å². The molecule has 1 aromatic carbocycles. The van der Waals surface area contributed by atoms with Crippen molar-refractivity contribution in [3.05, 3.63) is 33.3 Å². The molecule has 104 valence electrons. The molecule has 0 bridgehead atoms. The summed E-state index contributed by atoms with van der Waals surface area (Å²) in [7, 11) is 0. The van der Waals surface area contributed by atoms with Crippen molar-refractivity contribution in [1.82, 2.24) is 4.90 Å². The number of morpholine rings is 1. The summed E-state index contributed by atoms with van der Waals surface area (Å²) in [5, 5.41) is 0.672. The Morgan fingerprint density at radius 2 is 2.37 bits per heavy atom. The summed E-state index contributed by atoms with van der Waals surface area (Å²) in [6.07, 6.45) is -0.179. The number of nitrogens with zero attached hydrogens (tertiary/aromatic N) is 1. The summed E-state index contributed by atoms with van der Waals surface area (Å²) in [4.78, 5) is 13.6. The number of primary amides is 1. The zero-order valence-electron chi connectivity index (χ0n) is 10.6. The summed E-state index contributed by atoms with van der Waals surface area (Å²) in [5.74, 6) is -0.347. The fourth-order valence-corrected chi connectivity index (χ4v) is 2.89. The van der Waals surface area contributed by atoms with Crippen LogP contribution in [-0.2, 0) is 16.1 Å². The van der Waals surface area contributed by atoms with Gasteiger partial charge >= 0.3 is 0 Å². The van der Waals surface area contributed by atoms with E-state index in [1.807, 2.05) is 30.0 Å². The molecule has 1 aliphatic heterocycles. The highest BCUT2D eigenvalue weighted by Crippen LogP contribution is 2.25. The molecule has 1 amide bonds. The Labute approximate surface area is 126 Å². The van der Waals surface area contributed by atoms with E-state index in [9.17, 15) is 4.79 Å². The number of hydrogen-bond donors (Lipinski definition) is 1. The molecule has 1 aliphatic rings. The first kappa shape index (κ1) is 14.8. The number of amides is 1. The predicted molar refractivity (Wildman–Crippen MR) is 78.0 cm³/mol. The van der Waals surface area contributed by atoms with Crippen molar-refractivity contribution in [2.24, 2.45) is 5.73 Å². The molecule has 0 saturated carbocycles. The van der Waals surface area contributed by atoms with Gasteiger partial charge in [-0.25, -0.2) is 0 Å². The van der Waals surface area contributed by atoms with E-state index in [1.54, 1.807) is 0 Å². The molecule has 19 heavy (non-hydrogen) atoms. The lowest BCUT2D eigenvalue weighted by Crippen LogP contribution is -2.56. The smallest absolute Gasteiger partial charge is 0.237 e. The minimum Gasteiger partial charge on any atom is -0.375 e. The van der Waals surface area contributed by atoms with Gasteiger partial charge in [-0.15, -0.1) is 0 Å². The number of hydrogen-bond acceptors (Lipinski definition) is 3. The third-order valence-corrected chi connectivity index (χ3v) is 4.47. The third kappa shape index (κ3) is 3.48. The molecule has 2 rings (SSSR count). The standard InChI is InChI=1S/C13H16BrClN2O2/c1-8-12(13(16)18)17(4-5-19-8)7-9-2-3-11(15)10(14)6-9/h2-3,6,8,12H,4-5,7H2,1H3,(H2,16,18)/t8-,12+/m1/s1. The van der Waals surface area contributed by atoms with Crippen molar-refractivity contribution in [2.75, 3.05) is 13.2 Å². The van der Waals surface area contributed by atoms with Crippen molar-refractivity contribution >= 4 is 33.4 Å². The van der Waals surface area contributed by atoms with Crippen molar-refractivity contribution < 1.29 is 9.53 Å². The molecule has 0 aromatic heterocycles. The van der Waals surface area contributed by atoms with E-state index >= 15 is 0 Å². The van der Waals surface area contributed by atoms with E-state index in [2.05, 4.69) is 15.9 Å². The number of ether oxygens (including phenoxy) is 1. The Morgan fingerprint density at radius 1 is 1.63 bits per heavy atom. The normalized spacial score (nSPS) is 24.4. The quantitative estimate of drug-likeness (QED) is 0.912. The highest BCUT2D eigenvalue weighted by molar-refractivity contribution is 9.10. The second-order valence-corrected chi connectivity index (χ2v) is 5.90. The van der Waals surface area contributed by atoms with Crippen molar-refractivity contribution in [3.8, 4) is 0 Å². The van der Waals surface area contributed by atoms with E-state index in [1.165, 1.54) is 0 Å². The number of halogens is 2. The SMILES string of the molecule is C[C@H]1OCCN(Cc2ccc(Cl)c(Br)c2)[C@@H]1C(N)=O. The van der Waals surface area contributed by atoms with Crippen LogP contribution in [0.4, 0.5) is 0 Å². The van der Waals surface area contributed by atoms with Gasteiger partial charge < -0.3 is 10.5 Å². The van der Waals surface area contributed by atoms with Crippen LogP contribution in [0.25, 0.3) is 0 Å². The number of nitrogens with two attached hydrogens (primary N) is 1. The third-order valence-electron chi connectivity index (χ3n) is 3.26. The van der Waals surface area contributed by atoms with Crippen LogP contribution in [0.1, 0.15) is 12.5 Å². The van der Waals surface area contributed by atoms with E-state index in [0.717, 1.165) is 10.0 Å². The average molecular weight is 348 g/mol. The summed E-state index contributed by atoms with van der Waals surface area (Å²) in [5.41, 5.74) is 6.54. The molecular weight excluding hydrogens is 332 g/mol. The molecule has 6 heteroatoms. The first-order valence-corrected chi connectivity index (χ1v) is 7.25. The molecule has 0 aliphatic carbocycles. The van der Waals surface area contributed by atoms with Crippen LogP contribution < -0.4 is 5.73 Å². The molecule has 1 saturated heterocycles. The van der Waals surface area contributed by atoms with Crippen LogP contribution in [0.15, 0.2) is 22.7 Å². The van der Waals surface area contributed by atoms with Gasteiger partial charge in [0.2, 0.25) is 5.91 Å². The molecule has 4 nitrogen and oxygen atoms in total. The van der Waals surface area contributed by atoms with E-state index in [4.69, 9.17) is 22.1 Å². The van der Waals surface area contributed by atoms with Gasteiger partial charge in [-0.3, -0.25) is 9.69 Å². The second kappa shape index (κ2) is 6.22. The van der Waals surface area contributed by atoms with E-state index in [-0.39, 0.29) is 18.1 Å². The van der Waals surface area contributed by atoms with Gasteiger partial charge in [0.05, 0.1) is 17.7 Å². The molecule has 0 spiro atoms. The minimum atomic E-state index is -0.386. The Hall–Kier alpha value is -0.620. The first-order valence-electron chi connectivity index (χ1n) is 6.08. The van der Waals surface area contributed by atoms with Crippen molar-refractivity contribution in [2.45, 2.75) is 25.6 Å². The van der Waals surface area contributed by atoms with Crippen molar-refractivity contribution in [1.29, 1.82) is 0 Å². The summed E-state index contributed by atoms with van der Waals surface area (Å²) in [6.45, 7) is 3.83. The Kier molecular flexibility index (Phi) is 4.84. The molecule has 1 aromatic rings. The van der Waals surface area contributed by atoms with Gasteiger partial charge in [0, 0.05) is 17.6 Å². The second-order valence-electron chi connectivity index (χ2n) is 4.64. The number of carbonyl (C=O) groups excluding carboxylic acids is 1. The predicted octanol–water partition coefficient (Wildman–Crippen LogP) is 2.18. The lowest BCUT2D eigenvalue weighted by Gasteiger charge is -2.37. The maximum Gasteiger partial charge on any atom is 0.237 e. The number of rotatable bonds is 3. The van der Waals surface area contributed by atoms with Crippen LogP contribution in [-0.4, -0.2) is 36.1 Å². The Bertz CT molecular complexity index is 484.